The molecule has 0 amide bonds. The molecule has 0 aromatic rings. The average molecular weight is 280 g/mol. The molecule has 1 rings (SSSR count). The Morgan fingerprint density at radius 1 is 1.20 bits per heavy atom. The van der Waals surface area contributed by atoms with Gasteiger partial charge in [0.25, 0.3) is 0 Å². The van der Waals surface area contributed by atoms with Crippen molar-refractivity contribution in [3.05, 3.63) is 22.9 Å². The lowest BCUT2D eigenvalue weighted by Crippen LogP contribution is -2.14. The molecule has 0 fully saturated rings. The Kier molecular flexibility index (Phi) is 14.1. The highest BCUT2D eigenvalue weighted by Gasteiger charge is 2.23. The highest BCUT2D eigenvalue weighted by molar-refractivity contribution is 5.57. The maximum atomic E-state index is 4.65. The average Bonchev–Trinajstić information content (AvgIpc) is 2.50. The van der Waals surface area contributed by atoms with Crippen LogP contribution in [0.1, 0.15) is 81.6 Å². The summed E-state index contributed by atoms with van der Waals surface area (Å²) in [5.74, 6) is 1.21. The SMILES string of the molecule is CC.CC.CC=NC1=C(C(C)C)C(CC)=CCC1CC. The lowest BCUT2D eigenvalue weighted by molar-refractivity contribution is 0.558. The Hall–Kier alpha value is -0.850. The molecule has 20 heavy (non-hydrogen) atoms. The molecule has 0 aromatic heterocycles. The molecule has 1 heteroatoms. The first kappa shape index (κ1) is 21.4. The van der Waals surface area contributed by atoms with E-state index in [-0.39, 0.29) is 0 Å². The van der Waals surface area contributed by atoms with Gasteiger partial charge < -0.3 is 0 Å². The van der Waals surface area contributed by atoms with E-state index in [0.717, 1.165) is 6.42 Å². The Balaban J connectivity index is 0. The van der Waals surface area contributed by atoms with Gasteiger partial charge in [-0.3, -0.25) is 4.99 Å². The summed E-state index contributed by atoms with van der Waals surface area (Å²) in [6.07, 6.45) is 7.86. The molecule has 0 aromatic carbocycles. The van der Waals surface area contributed by atoms with Gasteiger partial charge in [-0.15, -0.1) is 0 Å². The number of hydrogen-bond donors (Lipinski definition) is 0. The van der Waals surface area contributed by atoms with Crippen LogP contribution in [0.25, 0.3) is 0 Å². The van der Waals surface area contributed by atoms with Gasteiger partial charge >= 0.3 is 0 Å². The molecule has 1 atom stereocenters. The maximum absolute atomic E-state index is 4.65. The molecule has 1 aliphatic carbocycles. The van der Waals surface area contributed by atoms with E-state index in [1.165, 1.54) is 29.7 Å². The van der Waals surface area contributed by atoms with E-state index in [2.05, 4.69) is 38.8 Å². The minimum absolute atomic E-state index is 0.583. The quantitative estimate of drug-likeness (QED) is 0.501. The van der Waals surface area contributed by atoms with Crippen LogP contribution >= 0.6 is 0 Å². The number of rotatable bonds is 4. The van der Waals surface area contributed by atoms with Crippen molar-refractivity contribution in [2.75, 3.05) is 0 Å². The smallest absolute Gasteiger partial charge is 0.0470 e. The van der Waals surface area contributed by atoms with Crippen molar-refractivity contribution >= 4 is 6.21 Å². The third-order valence-electron chi connectivity index (χ3n) is 3.38. The molecule has 0 bridgehead atoms. The highest BCUT2D eigenvalue weighted by Crippen LogP contribution is 2.37. The standard InChI is InChI=1S/C15H25N.2C2H6/c1-6-12-9-10-13(7-2)15(16-8-3)14(12)11(4)5;2*1-2/h8-9,11,13H,6-7,10H2,1-5H3;2*1-2H3. The number of nitrogens with zero attached hydrogens (tertiary/aromatic N) is 1. The van der Waals surface area contributed by atoms with Gasteiger partial charge in [-0.2, -0.15) is 0 Å². The third-order valence-corrected chi connectivity index (χ3v) is 3.38. The van der Waals surface area contributed by atoms with Crippen LogP contribution in [0.4, 0.5) is 0 Å². The summed E-state index contributed by atoms with van der Waals surface area (Å²) in [6, 6.07) is 0. The van der Waals surface area contributed by atoms with Gasteiger partial charge in [0.2, 0.25) is 0 Å². The predicted molar refractivity (Wildman–Crippen MR) is 95.5 cm³/mol. The molecule has 0 spiro atoms. The minimum Gasteiger partial charge on any atom is -0.265 e. The summed E-state index contributed by atoms with van der Waals surface area (Å²) in [4.78, 5) is 4.65. The largest absolute Gasteiger partial charge is 0.265 e. The molecule has 118 valence electrons. The normalized spacial score (nSPS) is 18.3. The van der Waals surface area contributed by atoms with E-state index in [1.807, 2.05) is 40.8 Å². The van der Waals surface area contributed by atoms with Gasteiger partial charge in [0.15, 0.2) is 0 Å². The fourth-order valence-corrected chi connectivity index (χ4v) is 2.57. The van der Waals surface area contributed by atoms with Crippen LogP contribution in [0.2, 0.25) is 0 Å². The van der Waals surface area contributed by atoms with E-state index in [4.69, 9.17) is 0 Å². The summed E-state index contributed by atoms with van der Waals surface area (Å²) in [7, 11) is 0. The molecule has 0 saturated carbocycles. The fourth-order valence-electron chi connectivity index (χ4n) is 2.57. The Bertz CT molecular complexity index is 319. The molecule has 0 saturated heterocycles. The van der Waals surface area contributed by atoms with E-state index < -0.39 is 0 Å². The van der Waals surface area contributed by atoms with Crippen LogP contribution in [-0.2, 0) is 0 Å². The highest BCUT2D eigenvalue weighted by atomic mass is 14.7. The summed E-state index contributed by atoms with van der Waals surface area (Å²) >= 11 is 0. The lowest BCUT2D eigenvalue weighted by atomic mass is 9.80. The first-order valence-corrected chi connectivity index (χ1v) is 8.57. The Morgan fingerprint density at radius 2 is 1.75 bits per heavy atom. The zero-order chi connectivity index (χ0) is 16.1. The van der Waals surface area contributed by atoms with Crippen LogP contribution in [-0.4, -0.2) is 6.21 Å². The Morgan fingerprint density at radius 3 is 2.10 bits per heavy atom. The molecule has 0 radical (unpaired) electrons. The summed E-state index contributed by atoms with van der Waals surface area (Å²) in [6.45, 7) is 19.1. The molecule has 0 N–H and O–H groups in total. The van der Waals surface area contributed by atoms with Gasteiger partial charge in [-0.25, -0.2) is 0 Å². The number of aliphatic imine (C=N–C) groups is 1. The van der Waals surface area contributed by atoms with Gasteiger partial charge in [0, 0.05) is 17.8 Å². The second-order valence-corrected chi connectivity index (χ2v) is 4.76. The number of allylic oxidation sites excluding steroid dienone is 4. The van der Waals surface area contributed by atoms with Crippen LogP contribution in [0, 0.1) is 11.8 Å². The van der Waals surface area contributed by atoms with Gasteiger partial charge in [-0.1, -0.05) is 61.5 Å². The molecule has 1 nitrogen and oxygen atoms in total. The maximum Gasteiger partial charge on any atom is 0.0470 e. The van der Waals surface area contributed by atoms with E-state index >= 15 is 0 Å². The third kappa shape index (κ3) is 6.07. The van der Waals surface area contributed by atoms with Crippen molar-refractivity contribution in [3.63, 3.8) is 0 Å². The molecular weight excluding hydrogens is 242 g/mol. The summed E-state index contributed by atoms with van der Waals surface area (Å²) in [5, 5.41) is 0. The predicted octanol–water partition coefficient (Wildman–Crippen LogP) is 6.81. The van der Waals surface area contributed by atoms with Crippen molar-refractivity contribution in [1.82, 2.24) is 0 Å². The van der Waals surface area contributed by atoms with Crippen LogP contribution in [0.15, 0.2) is 27.9 Å². The van der Waals surface area contributed by atoms with Crippen molar-refractivity contribution in [2.45, 2.75) is 81.6 Å². The van der Waals surface area contributed by atoms with Crippen LogP contribution in [0.5, 0.6) is 0 Å². The summed E-state index contributed by atoms with van der Waals surface area (Å²) in [5.41, 5.74) is 4.36. The fraction of sp³-hybridized carbons (Fsp3) is 0.737. The topological polar surface area (TPSA) is 12.4 Å². The Labute approximate surface area is 128 Å². The van der Waals surface area contributed by atoms with Crippen LogP contribution < -0.4 is 0 Å². The van der Waals surface area contributed by atoms with E-state index in [0.29, 0.717) is 11.8 Å². The second-order valence-electron chi connectivity index (χ2n) is 4.76. The van der Waals surface area contributed by atoms with Crippen molar-refractivity contribution < 1.29 is 0 Å². The first-order valence-electron chi connectivity index (χ1n) is 8.57. The van der Waals surface area contributed by atoms with Gasteiger partial charge in [-0.05, 0) is 43.3 Å². The molecule has 1 aliphatic rings. The van der Waals surface area contributed by atoms with Gasteiger partial charge in [0.1, 0.15) is 0 Å². The molecule has 0 heterocycles. The summed E-state index contributed by atoms with van der Waals surface area (Å²) < 4.78 is 0. The van der Waals surface area contributed by atoms with Crippen molar-refractivity contribution in [2.24, 2.45) is 16.8 Å². The molecule has 1 unspecified atom stereocenters. The van der Waals surface area contributed by atoms with Gasteiger partial charge in [0.05, 0.1) is 0 Å². The van der Waals surface area contributed by atoms with Crippen molar-refractivity contribution in [1.29, 1.82) is 0 Å². The van der Waals surface area contributed by atoms with E-state index in [9.17, 15) is 0 Å². The lowest BCUT2D eigenvalue weighted by Gasteiger charge is -2.27. The number of hydrogen-bond acceptors (Lipinski definition) is 1. The first-order chi connectivity index (χ1) is 9.65. The molecular formula is C19H37N. The second kappa shape index (κ2) is 13.1. The van der Waals surface area contributed by atoms with Crippen LogP contribution in [0.3, 0.4) is 0 Å². The zero-order valence-corrected chi connectivity index (χ0v) is 15.4. The zero-order valence-electron chi connectivity index (χ0n) is 15.4. The van der Waals surface area contributed by atoms with E-state index in [1.54, 1.807) is 0 Å². The molecule has 0 aliphatic heterocycles. The minimum atomic E-state index is 0.583. The monoisotopic (exact) mass is 279 g/mol. The van der Waals surface area contributed by atoms with Crippen molar-refractivity contribution in [3.8, 4) is 0 Å².